The van der Waals surface area contributed by atoms with Crippen LogP contribution in [0.15, 0.2) is 29.2 Å². The lowest BCUT2D eigenvalue weighted by Gasteiger charge is -2.09. The molecule has 102 valence electrons. The summed E-state index contributed by atoms with van der Waals surface area (Å²) in [4.78, 5) is -0.137. The zero-order valence-electron chi connectivity index (χ0n) is 9.07. The molecule has 0 radical (unpaired) electrons. The number of thioether (sulfide) groups is 1. The van der Waals surface area contributed by atoms with Gasteiger partial charge in [0.25, 0.3) is 0 Å². The van der Waals surface area contributed by atoms with Crippen LogP contribution in [0.2, 0.25) is 0 Å². The number of para-hydroxylation sites is 1. The van der Waals surface area contributed by atoms with E-state index in [1.54, 1.807) is 6.07 Å². The Kier molecular flexibility index (Phi) is 4.88. The standard InChI is InChI=1S/C9H11F3N2O2S2/c10-9(11,12)17-6-5-14-18(15,16)8-4-2-1-3-7(8)13/h1-4,14H,5-6,13H2. The van der Waals surface area contributed by atoms with Crippen LogP contribution >= 0.6 is 11.8 Å². The monoisotopic (exact) mass is 300 g/mol. The second-order valence-corrected chi connectivity index (χ2v) is 6.13. The van der Waals surface area contributed by atoms with Crippen molar-refractivity contribution >= 4 is 27.5 Å². The van der Waals surface area contributed by atoms with Gasteiger partial charge in [0, 0.05) is 12.3 Å². The fraction of sp³-hybridized carbons (Fsp3) is 0.333. The molecule has 0 aromatic heterocycles. The molecule has 0 unspecified atom stereocenters. The van der Waals surface area contributed by atoms with Gasteiger partial charge in [0.2, 0.25) is 10.0 Å². The van der Waals surface area contributed by atoms with Crippen molar-refractivity contribution < 1.29 is 21.6 Å². The van der Waals surface area contributed by atoms with Crippen molar-refractivity contribution in [2.45, 2.75) is 10.4 Å². The molecule has 4 nitrogen and oxygen atoms in total. The highest BCUT2D eigenvalue weighted by molar-refractivity contribution is 8.00. The van der Waals surface area contributed by atoms with Crippen molar-refractivity contribution in [3.05, 3.63) is 24.3 Å². The van der Waals surface area contributed by atoms with Gasteiger partial charge in [-0.3, -0.25) is 0 Å². The number of hydrogen-bond acceptors (Lipinski definition) is 4. The average molecular weight is 300 g/mol. The third kappa shape index (κ3) is 4.75. The topological polar surface area (TPSA) is 72.2 Å². The summed E-state index contributed by atoms with van der Waals surface area (Å²) in [5.41, 5.74) is 1.16. The molecule has 18 heavy (non-hydrogen) atoms. The van der Waals surface area contributed by atoms with Crippen LogP contribution < -0.4 is 10.5 Å². The predicted molar refractivity (Wildman–Crippen MR) is 64.6 cm³/mol. The van der Waals surface area contributed by atoms with Gasteiger partial charge < -0.3 is 5.73 Å². The van der Waals surface area contributed by atoms with Gasteiger partial charge >= 0.3 is 5.51 Å². The maximum atomic E-state index is 11.8. The first kappa shape index (κ1) is 15.1. The van der Waals surface area contributed by atoms with E-state index in [0.717, 1.165) is 0 Å². The fourth-order valence-corrected chi connectivity index (χ4v) is 2.87. The molecular weight excluding hydrogens is 289 g/mol. The van der Waals surface area contributed by atoms with Crippen molar-refractivity contribution in [1.29, 1.82) is 0 Å². The van der Waals surface area contributed by atoms with Crippen LogP contribution in [0.1, 0.15) is 0 Å². The largest absolute Gasteiger partial charge is 0.441 e. The van der Waals surface area contributed by atoms with Gasteiger partial charge in [-0.2, -0.15) is 13.2 Å². The minimum absolute atomic E-state index is 0.0495. The Labute approximate surface area is 107 Å². The summed E-state index contributed by atoms with van der Waals surface area (Å²) in [6.45, 7) is -0.319. The minimum atomic E-state index is -4.36. The summed E-state index contributed by atoms with van der Waals surface area (Å²) in [6, 6.07) is 5.73. The van der Waals surface area contributed by atoms with E-state index in [4.69, 9.17) is 5.73 Å². The zero-order chi connectivity index (χ0) is 13.8. The van der Waals surface area contributed by atoms with Crippen molar-refractivity contribution in [2.24, 2.45) is 0 Å². The summed E-state index contributed by atoms with van der Waals surface area (Å²) >= 11 is -0.285. The smallest absolute Gasteiger partial charge is 0.398 e. The van der Waals surface area contributed by atoms with Gasteiger partial charge in [-0.15, -0.1) is 0 Å². The highest BCUT2D eigenvalue weighted by Gasteiger charge is 2.27. The first-order chi connectivity index (χ1) is 8.22. The Balaban J connectivity index is 2.59. The average Bonchev–Trinajstić information content (AvgIpc) is 2.24. The van der Waals surface area contributed by atoms with Crippen LogP contribution in [0, 0.1) is 0 Å². The van der Waals surface area contributed by atoms with Gasteiger partial charge in [-0.25, -0.2) is 13.1 Å². The molecule has 0 aliphatic heterocycles. The van der Waals surface area contributed by atoms with Gasteiger partial charge in [-0.05, 0) is 23.9 Å². The third-order valence-electron chi connectivity index (χ3n) is 1.87. The number of nitrogen functional groups attached to an aromatic ring is 1. The van der Waals surface area contributed by atoms with E-state index in [2.05, 4.69) is 4.72 Å². The van der Waals surface area contributed by atoms with Crippen LogP contribution in [0.4, 0.5) is 18.9 Å². The zero-order valence-corrected chi connectivity index (χ0v) is 10.7. The number of sulfonamides is 1. The first-order valence-electron chi connectivity index (χ1n) is 4.77. The highest BCUT2D eigenvalue weighted by Crippen LogP contribution is 2.29. The molecule has 0 fully saturated rings. The lowest BCUT2D eigenvalue weighted by atomic mass is 10.3. The number of anilines is 1. The van der Waals surface area contributed by atoms with Gasteiger partial charge in [0.15, 0.2) is 0 Å². The number of rotatable bonds is 5. The summed E-state index contributed by atoms with van der Waals surface area (Å²) in [5.74, 6) is -0.393. The number of hydrogen-bond donors (Lipinski definition) is 2. The number of alkyl halides is 3. The molecule has 0 aliphatic carbocycles. The third-order valence-corrected chi connectivity index (χ3v) is 4.14. The molecule has 3 N–H and O–H groups in total. The first-order valence-corrected chi connectivity index (χ1v) is 7.24. The Morgan fingerprint density at radius 2 is 1.89 bits per heavy atom. The van der Waals surface area contributed by atoms with Gasteiger partial charge in [0.1, 0.15) is 4.90 Å². The molecule has 0 heterocycles. The normalized spacial score (nSPS) is 12.6. The van der Waals surface area contributed by atoms with Crippen LogP contribution in [0.5, 0.6) is 0 Å². The number of nitrogens with one attached hydrogen (secondary N) is 1. The summed E-state index contributed by atoms with van der Waals surface area (Å²) in [6.07, 6.45) is 0. The molecule has 0 spiro atoms. The van der Waals surface area contributed by atoms with E-state index in [1.807, 2.05) is 0 Å². The van der Waals surface area contributed by atoms with Crippen molar-refractivity contribution in [3.8, 4) is 0 Å². The Hall–Kier alpha value is -0.930. The molecular formula is C9H11F3N2O2S2. The molecule has 9 heteroatoms. The number of halogens is 3. The van der Waals surface area contributed by atoms with E-state index in [9.17, 15) is 21.6 Å². The second kappa shape index (κ2) is 5.81. The van der Waals surface area contributed by atoms with Crippen molar-refractivity contribution in [2.75, 3.05) is 18.0 Å². The summed E-state index contributed by atoms with van der Waals surface area (Å²) in [7, 11) is -3.86. The summed E-state index contributed by atoms with van der Waals surface area (Å²) < 4.78 is 60.9. The van der Waals surface area contributed by atoms with Crippen LogP contribution in [-0.2, 0) is 10.0 Å². The molecule has 0 aliphatic rings. The quantitative estimate of drug-likeness (QED) is 0.642. The predicted octanol–water partition coefficient (Wildman–Crippen LogP) is 1.80. The molecule has 1 rings (SSSR count). The molecule has 0 atom stereocenters. The maximum absolute atomic E-state index is 11.8. The number of nitrogens with two attached hydrogens (primary N) is 1. The molecule has 0 saturated carbocycles. The van der Waals surface area contributed by atoms with E-state index >= 15 is 0 Å². The Morgan fingerprint density at radius 1 is 1.28 bits per heavy atom. The lowest BCUT2D eigenvalue weighted by Crippen LogP contribution is -2.27. The Bertz CT molecular complexity index is 503. The van der Waals surface area contributed by atoms with Gasteiger partial charge in [-0.1, -0.05) is 12.1 Å². The highest BCUT2D eigenvalue weighted by atomic mass is 32.2. The van der Waals surface area contributed by atoms with Crippen LogP contribution in [0.3, 0.4) is 0 Å². The minimum Gasteiger partial charge on any atom is -0.398 e. The number of benzene rings is 1. The molecule has 0 saturated heterocycles. The molecule has 0 amide bonds. The molecule has 1 aromatic rings. The van der Waals surface area contributed by atoms with Crippen LogP contribution in [0.25, 0.3) is 0 Å². The van der Waals surface area contributed by atoms with Gasteiger partial charge in [0.05, 0.1) is 5.69 Å². The van der Waals surface area contributed by atoms with Crippen molar-refractivity contribution in [1.82, 2.24) is 4.72 Å². The molecule has 0 bridgehead atoms. The van der Waals surface area contributed by atoms with E-state index in [1.165, 1.54) is 18.2 Å². The van der Waals surface area contributed by atoms with E-state index in [-0.39, 0.29) is 28.9 Å². The van der Waals surface area contributed by atoms with E-state index in [0.29, 0.717) is 0 Å². The van der Waals surface area contributed by atoms with Crippen molar-refractivity contribution in [3.63, 3.8) is 0 Å². The van der Waals surface area contributed by atoms with Crippen LogP contribution in [-0.4, -0.2) is 26.2 Å². The fourth-order valence-electron chi connectivity index (χ4n) is 1.15. The van der Waals surface area contributed by atoms with E-state index < -0.39 is 21.3 Å². The second-order valence-electron chi connectivity index (χ2n) is 3.23. The maximum Gasteiger partial charge on any atom is 0.441 e. The SMILES string of the molecule is Nc1ccccc1S(=O)(=O)NCCSC(F)(F)F. The summed E-state index contributed by atoms with van der Waals surface area (Å²) in [5, 5.41) is 0. The molecule has 1 aromatic carbocycles. The Morgan fingerprint density at radius 3 is 2.44 bits per heavy atom. The lowest BCUT2D eigenvalue weighted by molar-refractivity contribution is -0.0327.